The lowest BCUT2D eigenvalue weighted by Gasteiger charge is -2.36. The Morgan fingerprint density at radius 2 is 1.86 bits per heavy atom. The van der Waals surface area contributed by atoms with E-state index in [2.05, 4.69) is 10.2 Å². The van der Waals surface area contributed by atoms with E-state index >= 15 is 0 Å². The lowest BCUT2D eigenvalue weighted by molar-refractivity contribution is -0.132. The number of halogens is 1. The van der Waals surface area contributed by atoms with Gasteiger partial charge in [-0.2, -0.15) is 0 Å². The van der Waals surface area contributed by atoms with Gasteiger partial charge in [-0.1, -0.05) is 37.4 Å². The summed E-state index contributed by atoms with van der Waals surface area (Å²) in [6.07, 6.45) is 2.29. The molecule has 1 N–H and O–H groups in total. The lowest BCUT2D eigenvalue weighted by Crippen LogP contribution is -2.51. The van der Waals surface area contributed by atoms with Crippen molar-refractivity contribution in [3.8, 4) is 0 Å². The number of benzene rings is 1. The Bertz CT molecular complexity index is 777. The predicted molar refractivity (Wildman–Crippen MR) is 111 cm³/mol. The first-order chi connectivity index (χ1) is 13.3. The molecule has 1 saturated heterocycles. The van der Waals surface area contributed by atoms with E-state index in [9.17, 15) is 18.0 Å². The highest BCUT2D eigenvalue weighted by Crippen LogP contribution is 2.20. The summed E-state index contributed by atoms with van der Waals surface area (Å²) in [4.78, 5) is 28.0. The first-order valence-electron chi connectivity index (χ1n) is 9.56. The summed E-state index contributed by atoms with van der Waals surface area (Å²) in [6, 6.07) is 7.57. The highest BCUT2D eigenvalue weighted by atomic mass is 35.5. The number of anilines is 1. The molecule has 0 atom stereocenters. The maximum Gasteiger partial charge on any atom is 0.242 e. The standard InChI is InChI=1S/C19H28ClN3O4S/c1-2-3-4-12-28(26,27)15-18(24)21-14-19(25)23-10-8-22(9-11-23)17-7-5-6-16(20)13-17/h5-7,13H,2-4,8-12,14-15H2,1H3,(H,21,24). The quantitative estimate of drug-likeness (QED) is 0.604. The van der Waals surface area contributed by atoms with Gasteiger partial charge in [-0.05, 0) is 24.6 Å². The zero-order valence-electron chi connectivity index (χ0n) is 16.2. The van der Waals surface area contributed by atoms with Crippen LogP contribution >= 0.6 is 11.6 Å². The van der Waals surface area contributed by atoms with E-state index in [4.69, 9.17) is 11.6 Å². The van der Waals surface area contributed by atoms with E-state index in [-0.39, 0.29) is 18.2 Å². The molecule has 1 aliphatic heterocycles. The number of piperazine rings is 1. The van der Waals surface area contributed by atoms with Crippen LogP contribution in [0.5, 0.6) is 0 Å². The van der Waals surface area contributed by atoms with E-state index in [0.29, 0.717) is 37.6 Å². The molecule has 1 heterocycles. The van der Waals surface area contributed by atoms with E-state index in [1.807, 2.05) is 31.2 Å². The Hall–Kier alpha value is -1.80. The van der Waals surface area contributed by atoms with E-state index in [1.54, 1.807) is 4.90 Å². The first-order valence-corrected chi connectivity index (χ1v) is 11.8. The van der Waals surface area contributed by atoms with Gasteiger partial charge in [0, 0.05) is 36.9 Å². The molecule has 156 valence electrons. The summed E-state index contributed by atoms with van der Waals surface area (Å²) in [7, 11) is -3.42. The molecule has 1 aliphatic rings. The van der Waals surface area contributed by atoms with Gasteiger partial charge in [0.1, 0.15) is 5.75 Å². The Balaban J connectivity index is 1.73. The maximum absolute atomic E-state index is 12.3. The minimum Gasteiger partial charge on any atom is -0.368 e. The fourth-order valence-electron chi connectivity index (χ4n) is 3.07. The molecule has 0 saturated carbocycles. The van der Waals surface area contributed by atoms with Crippen molar-refractivity contribution in [1.82, 2.24) is 10.2 Å². The van der Waals surface area contributed by atoms with E-state index in [1.165, 1.54) is 0 Å². The Morgan fingerprint density at radius 3 is 2.50 bits per heavy atom. The fraction of sp³-hybridized carbons (Fsp3) is 0.579. The van der Waals surface area contributed by atoms with Crippen molar-refractivity contribution in [2.45, 2.75) is 26.2 Å². The third-order valence-corrected chi connectivity index (χ3v) is 6.50. The first kappa shape index (κ1) is 22.5. The second-order valence-corrected chi connectivity index (χ2v) is 9.54. The monoisotopic (exact) mass is 429 g/mol. The van der Waals surface area contributed by atoms with Gasteiger partial charge in [0.25, 0.3) is 0 Å². The van der Waals surface area contributed by atoms with Crippen LogP contribution in [0, 0.1) is 0 Å². The van der Waals surface area contributed by atoms with Crippen LogP contribution < -0.4 is 10.2 Å². The minimum atomic E-state index is -3.42. The number of hydrogen-bond acceptors (Lipinski definition) is 5. The average Bonchev–Trinajstić information content (AvgIpc) is 2.66. The van der Waals surface area contributed by atoms with Crippen molar-refractivity contribution >= 4 is 38.9 Å². The second kappa shape index (κ2) is 10.7. The molecule has 0 aliphatic carbocycles. The second-order valence-electron chi connectivity index (χ2n) is 6.92. The smallest absolute Gasteiger partial charge is 0.242 e. The number of sulfone groups is 1. The number of rotatable bonds is 9. The van der Waals surface area contributed by atoms with E-state index < -0.39 is 21.5 Å². The minimum absolute atomic E-state index is 0.00761. The fourth-order valence-corrected chi connectivity index (χ4v) is 4.54. The molecule has 9 heteroatoms. The predicted octanol–water partition coefficient (Wildman–Crippen LogP) is 1.71. The number of carbonyl (C=O) groups is 2. The van der Waals surface area contributed by atoms with Crippen LogP contribution in [-0.2, 0) is 19.4 Å². The average molecular weight is 430 g/mol. The summed E-state index contributed by atoms with van der Waals surface area (Å²) in [5, 5.41) is 3.11. The van der Waals surface area contributed by atoms with Crippen LogP contribution in [0.3, 0.4) is 0 Å². The van der Waals surface area contributed by atoms with Crippen molar-refractivity contribution < 1.29 is 18.0 Å². The third kappa shape index (κ3) is 7.31. The van der Waals surface area contributed by atoms with Gasteiger partial charge in [0.2, 0.25) is 11.8 Å². The van der Waals surface area contributed by atoms with Crippen molar-refractivity contribution in [3.63, 3.8) is 0 Å². The molecule has 0 radical (unpaired) electrons. The van der Waals surface area contributed by atoms with Crippen molar-refractivity contribution in [3.05, 3.63) is 29.3 Å². The normalized spacial score (nSPS) is 14.8. The van der Waals surface area contributed by atoms with Crippen LogP contribution in [0.25, 0.3) is 0 Å². The highest BCUT2D eigenvalue weighted by Gasteiger charge is 2.22. The number of nitrogens with zero attached hydrogens (tertiary/aromatic N) is 2. The van der Waals surface area contributed by atoms with Gasteiger partial charge in [0.15, 0.2) is 9.84 Å². The van der Waals surface area contributed by atoms with Gasteiger partial charge in [-0.25, -0.2) is 8.42 Å². The van der Waals surface area contributed by atoms with Gasteiger partial charge < -0.3 is 15.1 Å². The molecule has 1 aromatic carbocycles. The highest BCUT2D eigenvalue weighted by molar-refractivity contribution is 7.92. The molecule has 7 nitrogen and oxygen atoms in total. The largest absolute Gasteiger partial charge is 0.368 e. The topological polar surface area (TPSA) is 86.8 Å². The van der Waals surface area contributed by atoms with Crippen LogP contribution in [0.4, 0.5) is 5.69 Å². The van der Waals surface area contributed by atoms with Crippen LogP contribution in [0.15, 0.2) is 24.3 Å². The molecule has 2 amide bonds. The number of unbranched alkanes of at least 4 members (excludes halogenated alkanes) is 2. The van der Waals surface area contributed by atoms with Crippen LogP contribution in [0.2, 0.25) is 5.02 Å². The number of nitrogens with one attached hydrogen (secondary N) is 1. The van der Waals surface area contributed by atoms with Gasteiger partial charge in [-0.3, -0.25) is 9.59 Å². The maximum atomic E-state index is 12.3. The van der Waals surface area contributed by atoms with Gasteiger partial charge in [-0.15, -0.1) is 0 Å². The summed E-state index contributed by atoms with van der Waals surface area (Å²) >= 11 is 6.02. The molecule has 0 spiro atoms. The molecule has 0 bridgehead atoms. The van der Waals surface area contributed by atoms with Crippen molar-refractivity contribution in [2.75, 3.05) is 49.1 Å². The molecular weight excluding hydrogens is 402 g/mol. The zero-order valence-corrected chi connectivity index (χ0v) is 17.8. The molecule has 1 fully saturated rings. The molecule has 1 aromatic rings. The number of amides is 2. The summed E-state index contributed by atoms with van der Waals surface area (Å²) in [5.41, 5.74) is 1.01. The van der Waals surface area contributed by atoms with Crippen LogP contribution in [-0.4, -0.2) is 69.4 Å². The molecule has 0 unspecified atom stereocenters. The Labute approximate surface area is 171 Å². The molecule has 0 aromatic heterocycles. The molecule has 28 heavy (non-hydrogen) atoms. The number of carbonyl (C=O) groups excluding carboxylic acids is 2. The Morgan fingerprint density at radius 1 is 1.14 bits per heavy atom. The van der Waals surface area contributed by atoms with Crippen molar-refractivity contribution in [2.24, 2.45) is 0 Å². The SMILES string of the molecule is CCCCCS(=O)(=O)CC(=O)NCC(=O)N1CCN(c2cccc(Cl)c2)CC1. The van der Waals surface area contributed by atoms with E-state index in [0.717, 1.165) is 18.5 Å². The van der Waals surface area contributed by atoms with Crippen LogP contribution in [0.1, 0.15) is 26.2 Å². The molecular formula is C19H28ClN3O4S. The summed E-state index contributed by atoms with van der Waals surface area (Å²) in [6.45, 7) is 4.23. The summed E-state index contributed by atoms with van der Waals surface area (Å²) in [5.74, 6) is -1.38. The number of hydrogen-bond donors (Lipinski definition) is 1. The summed E-state index contributed by atoms with van der Waals surface area (Å²) < 4.78 is 23.8. The van der Waals surface area contributed by atoms with Crippen molar-refractivity contribution in [1.29, 1.82) is 0 Å². The zero-order chi connectivity index (χ0) is 20.6. The third-order valence-electron chi connectivity index (χ3n) is 4.65. The Kier molecular flexibility index (Phi) is 8.57. The lowest BCUT2D eigenvalue weighted by atomic mass is 10.2. The van der Waals surface area contributed by atoms with Gasteiger partial charge >= 0.3 is 0 Å². The molecule has 2 rings (SSSR count). The van der Waals surface area contributed by atoms with Gasteiger partial charge in [0.05, 0.1) is 12.3 Å².